The molecule has 1 saturated heterocycles. The number of benzene rings is 1. The fraction of sp³-hybridized carbons (Fsp3) is 0.444. The molecule has 3 rings (SSSR count). The number of rotatable bonds is 3. The van der Waals surface area contributed by atoms with E-state index in [-0.39, 0.29) is 10.9 Å². The Kier molecular flexibility index (Phi) is 7.09. The maximum absolute atomic E-state index is 14.5. The third-order valence-electron chi connectivity index (χ3n) is 4.18. The average molecular weight is 397 g/mol. The molecule has 1 fully saturated rings. The minimum atomic E-state index is -1.30. The van der Waals surface area contributed by atoms with Gasteiger partial charge in [-0.2, -0.15) is 0 Å². The number of carboxylic acid groups (broad SMARTS) is 1. The number of carboxylic acids is 1. The molecule has 2 N–H and O–H groups in total. The Morgan fingerprint density at radius 2 is 1.89 bits per heavy atom. The lowest BCUT2D eigenvalue weighted by molar-refractivity contribution is 0.0695. The molecular weight excluding hydrogens is 373 g/mol. The van der Waals surface area contributed by atoms with Crippen LogP contribution in [0.25, 0.3) is 10.9 Å². The molecule has 0 unspecified atom stereocenters. The Morgan fingerprint density at radius 1 is 1.30 bits per heavy atom. The van der Waals surface area contributed by atoms with Crippen molar-refractivity contribution in [2.75, 3.05) is 43.6 Å². The van der Waals surface area contributed by atoms with E-state index in [1.807, 2.05) is 11.8 Å². The van der Waals surface area contributed by atoms with Gasteiger partial charge in [-0.15, -0.1) is 0 Å². The van der Waals surface area contributed by atoms with E-state index in [0.717, 1.165) is 19.2 Å². The van der Waals surface area contributed by atoms with Gasteiger partial charge < -0.3 is 19.9 Å². The number of halogens is 1. The standard InChI is InChI=1S/C16H18FN3O3.C2H6OS/c1-2-19-9-11(16(22)23)15(21)10-7-12(17)14(8-13(10)19)20-5-3-18-4-6-20;1-4(2)3/h7-9,18H,2-6H2,1H3,(H,22,23);1-2H3. The van der Waals surface area contributed by atoms with Crippen LogP contribution in [0.5, 0.6) is 0 Å². The number of aryl methyl sites for hydroxylation is 1. The van der Waals surface area contributed by atoms with E-state index in [4.69, 9.17) is 5.11 Å². The number of hydrogen-bond acceptors (Lipinski definition) is 5. The van der Waals surface area contributed by atoms with Crippen molar-refractivity contribution in [1.29, 1.82) is 0 Å². The van der Waals surface area contributed by atoms with E-state index in [9.17, 15) is 18.2 Å². The van der Waals surface area contributed by atoms with Crippen LogP contribution < -0.4 is 15.6 Å². The summed E-state index contributed by atoms with van der Waals surface area (Å²) in [6.45, 7) is 5.26. The quantitative estimate of drug-likeness (QED) is 0.810. The fourth-order valence-corrected chi connectivity index (χ4v) is 2.96. The van der Waals surface area contributed by atoms with E-state index in [1.54, 1.807) is 23.1 Å². The molecule has 7 nitrogen and oxygen atoms in total. The topological polar surface area (TPSA) is 91.6 Å². The van der Waals surface area contributed by atoms with Gasteiger partial charge in [-0.25, -0.2) is 9.18 Å². The molecule has 0 bridgehead atoms. The van der Waals surface area contributed by atoms with Crippen LogP contribution in [0.15, 0.2) is 23.1 Å². The van der Waals surface area contributed by atoms with Crippen molar-refractivity contribution < 1.29 is 18.5 Å². The van der Waals surface area contributed by atoms with E-state index < -0.39 is 28.0 Å². The molecule has 0 saturated carbocycles. The Balaban J connectivity index is 0.000000596. The number of pyridine rings is 1. The largest absolute Gasteiger partial charge is 0.477 e. The first kappa shape index (κ1) is 21.0. The number of carbonyl (C=O) groups is 1. The molecule has 148 valence electrons. The van der Waals surface area contributed by atoms with Crippen molar-refractivity contribution in [3.05, 3.63) is 39.9 Å². The number of hydrogen-bond donors (Lipinski definition) is 2. The zero-order chi connectivity index (χ0) is 20.1. The van der Waals surface area contributed by atoms with Crippen LogP contribution in [0.2, 0.25) is 0 Å². The van der Waals surface area contributed by atoms with Crippen LogP contribution in [-0.4, -0.2) is 58.5 Å². The molecule has 0 spiro atoms. The van der Waals surface area contributed by atoms with Gasteiger partial charge in [0.25, 0.3) is 0 Å². The lowest BCUT2D eigenvalue weighted by Gasteiger charge is -2.30. The predicted molar refractivity (Wildman–Crippen MR) is 106 cm³/mol. The number of nitrogens with one attached hydrogen (secondary N) is 1. The van der Waals surface area contributed by atoms with Gasteiger partial charge in [0.1, 0.15) is 11.4 Å². The molecule has 2 heterocycles. The zero-order valence-corrected chi connectivity index (χ0v) is 16.4. The summed E-state index contributed by atoms with van der Waals surface area (Å²) in [5.74, 6) is -1.80. The SMILES string of the molecule is CCn1cc(C(=O)O)c(=O)c2cc(F)c(N3CCNCC3)cc21.CS(C)=O. The highest BCUT2D eigenvalue weighted by molar-refractivity contribution is 7.83. The second-order valence-electron chi connectivity index (χ2n) is 6.26. The third-order valence-corrected chi connectivity index (χ3v) is 4.18. The smallest absolute Gasteiger partial charge is 0.341 e. The molecule has 0 radical (unpaired) electrons. The number of anilines is 1. The molecule has 27 heavy (non-hydrogen) atoms. The van der Waals surface area contributed by atoms with Crippen LogP contribution in [0.3, 0.4) is 0 Å². The Morgan fingerprint density at radius 3 is 2.41 bits per heavy atom. The Labute approximate surface area is 159 Å². The summed E-state index contributed by atoms with van der Waals surface area (Å²) >= 11 is 0. The Hall–Kier alpha value is -2.26. The van der Waals surface area contributed by atoms with Gasteiger partial charge in [0, 0.05) is 67.6 Å². The minimum Gasteiger partial charge on any atom is -0.477 e. The molecule has 2 aromatic rings. The van der Waals surface area contributed by atoms with Gasteiger partial charge >= 0.3 is 5.97 Å². The molecule has 0 atom stereocenters. The van der Waals surface area contributed by atoms with E-state index in [1.165, 1.54) is 6.20 Å². The number of aromatic nitrogens is 1. The van der Waals surface area contributed by atoms with Crippen LogP contribution >= 0.6 is 0 Å². The molecule has 1 aliphatic rings. The van der Waals surface area contributed by atoms with Crippen molar-refractivity contribution in [1.82, 2.24) is 9.88 Å². The first-order valence-electron chi connectivity index (χ1n) is 8.57. The molecule has 9 heteroatoms. The first-order chi connectivity index (χ1) is 12.8. The number of nitrogens with zero attached hydrogens (tertiary/aromatic N) is 2. The maximum atomic E-state index is 14.5. The summed E-state index contributed by atoms with van der Waals surface area (Å²) in [4.78, 5) is 25.4. The number of piperazine rings is 1. The predicted octanol–water partition coefficient (Wildman–Crippen LogP) is 1.26. The van der Waals surface area contributed by atoms with Gasteiger partial charge in [-0.3, -0.25) is 9.00 Å². The number of aromatic carboxylic acids is 1. The number of fused-ring (bicyclic) bond motifs is 1. The fourth-order valence-electron chi connectivity index (χ4n) is 2.96. The third kappa shape index (κ3) is 4.92. The molecule has 1 aliphatic heterocycles. The van der Waals surface area contributed by atoms with Crippen molar-refractivity contribution >= 4 is 33.4 Å². The van der Waals surface area contributed by atoms with Crippen LogP contribution in [0, 0.1) is 5.82 Å². The monoisotopic (exact) mass is 397 g/mol. The summed E-state index contributed by atoms with van der Waals surface area (Å²) in [5.41, 5.74) is 0.0118. The van der Waals surface area contributed by atoms with Gasteiger partial charge in [-0.05, 0) is 19.1 Å². The molecular formula is C18H24FN3O4S. The molecule has 0 amide bonds. The van der Waals surface area contributed by atoms with Gasteiger partial charge in [0.05, 0.1) is 11.2 Å². The summed E-state index contributed by atoms with van der Waals surface area (Å²) in [7, 11) is -0.611. The second kappa shape index (κ2) is 9.09. The van der Waals surface area contributed by atoms with E-state index in [2.05, 4.69) is 5.32 Å². The lowest BCUT2D eigenvalue weighted by Crippen LogP contribution is -2.43. The van der Waals surface area contributed by atoms with Gasteiger partial charge in [0.15, 0.2) is 0 Å². The zero-order valence-electron chi connectivity index (χ0n) is 15.6. The van der Waals surface area contributed by atoms with Crippen molar-refractivity contribution in [2.45, 2.75) is 13.5 Å². The molecule has 0 aliphatic carbocycles. The van der Waals surface area contributed by atoms with Crippen molar-refractivity contribution in [3.8, 4) is 0 Å². The highest BCUT2D eigenvalue weighted by Gasteiger charge is 2.19. The summed E-state index contributed by atoms with van der Waals surface area (Å²) in [6.07, 6.45) is 4.60. The second-order valence-corrected chi connectivity index (χ2v) is 7.75. The van der Waals surface area contributed by atoms with Crippen molar-refractivity contribution in [2.24, 2.45) is 0 Å². The van der Waals surface area contributed by atoms with Gasteiger partial charge in [-0.1, -0.05) is 0 Å². The van der Waals surface area contributed by atoms with Crippen molar-refractivity contribution in [3.63, 3.8) is 0 Å². The van der Waals surface area contributed by atoms with Crippen LogP contribution in [0.4, 0.5) is 10.1 Å². The van der Waals surface area contributed by atoms with E-state index in [0.29, 0.717) is 30.8 Å². The average Bonchev–Trinajstić information content (AvgIpc) is 2.62. The van der Waals surface area contributed by atoms with Crippen LogP contribution in [-0.2, 0) is 17.3 Å². The first-order valence-corrected chi connectivity index (χ1v) is 10.5. The molecule has 1 aromatic carbocycles. The summed E-state index contributed by atoms with van der Waals surface area (Å²) in [6, 6.07) is 2.81. The Bertz CT molecular complexity index is 919. The summed E-state index contributed by atoms with van der Waals surface area (Å²) in [5, 5.41) is 12.5. The minimum absolute atomic E-state index is 0.100. The van der Waals surface area contributed by atoms with Crippen LogP contribution in [0.1, 0.15) is 17.3 Å². The van der Waals surface area contributed by atoms with Gasteiger partial charge in [0.2, 0.25) is 5.43 Å². The lowest BCUT2D eigenvalue weighted by atomic mass is 10.1. The molecule has 1 aromatic heterocycles. The maximum Gasteiger partial charge on any atom is 0.341 e. The van der Waals surface area contributed by atoms with E-state index >= 15 is 0 Å². The highest BCUT2D eigenvalue weighted by atomic mass is 32.2. The highest BCUT2D eigenvalue weighted by Crippen LogP contribution is 2.25. The summed E-state index contributed by atoms with van der Waals surface area (Å²) < 4.78 is 25.7. The normalized spacial score (nSPS) is 14.2.